The molecule has 0 atom stereocenters. The highest BCUT2D eigenvalue weighted by atomic mass is 79.9. The quantitative estimate of drug-likeness (QED) is 0.763. The van der Waals surface area contributed by atoms with Crippen LogP contribution in [0.5, 0.6) is 5.75 Å². The number of ether oxygens (including phenoxy) is 1. The van der Waals surface area contributed by atoms with E-state index in [9.17, 15) is 0 Å². The van der Waals surface area contributed by atoms with Crippen LogP contribution in [0, 0.1) is 0 Å². The lowest BCUT2D eigenvalue weighted by Crippen LogP contribution is -2.10. The zero-order valence-corrected chi connectivity index (χ0v) is 13.1. The van der Waals surface area contributed by atoms with Crippen LogP contribution in [0.1, 0.15) is 31.9 Å². The fourth-order valence-electron chi connectivity index (χ4n) is 1.72. The lowest BCUT2D eigenvalue weighted by molar-refractivity contribution is 0.305. The summed E-state index contributed by atoms with van der Waals surface area (Å²) in [6.07, 6.45) is 1.72. The van der Waals surface area contributed by atoms with E-state index in [-0.39, 0.29) is 5.41 Å². The minimum absolute atomic E-state index is 0.189. The highest BCUT2D eigenvalue weighted by Gasteiger charge is 2.12. The molecule has 0 aliphatic carbocycles. The molecule has 2 nitrogen and oxygen atoms in total. The molecule has 0 aliphatic rings. The molecule has 1 heterocycles. The molecule has 0 bridgehead atoms. The largest absolute Gasteiger partial charge is 0.487 e. The van der Waals surface area contributed by atoms with Crippen molar-refractivity contribution < 1.29 is 4.74 Å². The van der Waals surface area contributed by atoms with Gasteiger partial charge in [0.2, 0.25) is 0 Å². The van der Waals surface area contributed by atoms with Gasteiger partial charge in [0.15, 0.2) is 0 Å². The molecule has 0 spiro atoms. The van der Waals surface area contributed by atoms with Crippen LogP contribution >= 0.6 is 15.9 Å². The van der Waals surface area contributed by atoms with Gasteiger partial charge in [-0.05, 0) is 44.6 Å². The van der Waals surface area contributed by atoms with Crippen LogP contribution in [0.3, 0.4) is 0 Å². The van der Waals surface area contributed by atoms with Crippen molar-refractivity contribution in [1.82, 2.24) is 4.98 Å². The second-order valence-electron chi connectivity index (χ2n) is 5.55. The number of halogens is 1. The summed E-state index contributed by atoms with van der Waals surface area (Å²) in [4.78, 5) is 4.13. The fourth-order valence-corrected chi connectivity index (χ4v) is 1.95. The van der Waals surface area contributed by atoms with E-state index in [0.29, 0.717) is 6.61 Å². The van der Waals surface area contributed by atoms with Gasteiger partial charge in [-0.25, -0.2) is 4.98 Å². The van der Waals surface area contributed by atoms with Gasteiger partial charge in [0.05, 0.1) is 6.20 Å². The Labute approximate surface area is 123 Å². The van der Waals surface area contributed by atoms with E-state index in [1.54, 1.807) is 6.20 Å². The summed E-state index contributed by atoms with van der Waals surface area (Å²) in [5.41, 5.74) is 2.69. The lowest BCUT2D eigenvalue weighted by Gasteiger charge is -2.19. The van der Waals surface area contributed by atoms with Crippen LogP contribution in [0.4, 0.5) is 0 Å². The molecule has 100 valence electrons. The Morgan fingerprint density at radius 1 is 1.05 bits per heavy atom. The summed E-state index contributed by atoms with van der Waals surface area (Å²) in [5, 5.41) is 0. The average molecular weight is 320 g/mol. The molecule has 0 aliphatic heterocycles. The first kappa shape index (κ1) is 14.1. The Bertz CT molecular complexity index is 526. The molecule has 0 radical (unpaired) electrons. The Morgan fingerprint density at radius 2 is 1.74 bits per heavy atom. The van der Waals surface area contributed by atoms with Gasteiger partial charge in [0.1, 0.15) is 17.0 Å². The standard InChI is InChI=1S/C16H18BrNO/c1-16(2,3)13-6-4-12(5-7-13)11-19-14-8-9-15(17)18-10-14/h4-10H,11H2,1-3H3. The Balaban J connectivity index is 1.98. The number of pyridine rings is 1. The molecule has 1 aromatic carbocycles. The molecule has 19 heavy (non-hydrogen) atoms. The van der Waals surface area contributed by atoms with E-state index < -0.39 is 0 Å². The molecular weight excluding hydrogens is 302 g/mol. The Kier molecular flexibility index (Phi) is 4.25. The van der Waals surface area contributed by atoms with Crippen molar-refractivity contribution in [1.29, 1.82) is 0 Å². The first-order chi connectivity index (χ1) is 8.95. The molecule has 0 fully saturated rings. The van der Waals surface area contributed by atoms with Gasteiger partial charge in [-0.15, -0.1) is 0 Å². The highest BCUT2D eigenvalue weighted by molar-refractivity contribution is 9.10. The van der Waals surface area contributed by atoms with Gasteiger partial charge in [-0.2, -0.15) is 0 Å². The molecule has 2 aromatic rings. The molecular formula is C16H18BrNO. The minimum Gasteiger partial charge on any atom is -0.487 e. The fraction of sp³-hybridized carbons (Fsp3) is 0.312. The third-order valence-corrected chi connectivity index (χ3v) is 3.39. The smallest absolute Gasteiger partial charge is 0.138 e. The van der Waals surface area contributed by atoms with E-state index in [1.165, 1.54) is 5.56 Å². The van der Waals surface area contributed by atoms with Crippen molar-refractivity contribution in [3.63, 3.8) is 0 Å². The Hall–Kier alpha value is -1.35. The maximum absolute atomic E-state index is 5.69. The highest BCUT2D eigenvalue weighted by Crippen LogP contribution is 2.22. The first-order valence-corrected chi connectivity index (χ1v) is 7.08. The van der Waals surface area contributed by atoms with Gasteiger partial charge in [0, 0.05) is 0 Å². The van der Waals surface area contributed by atoms with Crippen LogP contribution < -0.4 is 4.74 Å². The molecule has 3 heteroatoms. The van der Waals surface area contributed by atoms with Crippen LogP contribution in [-0.4, -0.2) is 4.98 Å². The molecule has 0 saturated heterocycles. The van der Waals surface area contributed by atoms with Crippen LogP contribution in [0.25, 0.3) is 0 Å². The Morgan fingerprint density at radius 3 is 2.26 bits per heavy atom. The summed E-state index contributed by atoms with van der Waals surface area (Å²) in [6, 6.07) is 12.3. The summed E-state index contributed by atoms with van der Waals surface area (Å²) < 4.78 is 6.50. The number of hydrogen-bond acceptors (Lipinski definition) is 2. The zero-order chi connectivity index (χ0) is 13.9. The maximum Gasteiger partial charge on any atom is 0.138 e. The lowest BCUT2D eigenvalue weighted by atomic mass is 9.87. The van der Waals surface area contributed by atoms with E-state index in [4.69, 9.17) is 4.74 Å². The molecule has 0 N–H and O–H groups in total. The molecule has 0 amide bonds. The second-order valence-corrected chi connectivity index (χ2v) is 6.36. The second kappa shape index (κ2) is 5.74. The van der Waals surface area contributed by atoms with Crippen LogP contribution in [-0.2, 0) is 12.0 Å². The van der Waals surface area contributed by atoms with Crippen molar-refractivity contribution in [2.45, 2.75) is 32.8 Å². The molecule has 2 rings (SSSR count). The summed E-state index contributed by atoms with van der Waals surface area (Å²) in [5.74, 6) is 0.781. The van der Waals surface area contributed by atoms with E-state index in [1.807, 2.05) is 12.1 Å². The third kappa shape index (κ3) is 4.06. The normalized spacial score (nSPS) is 11.4. The van der Waals surface area contributed by atoms with Crippen molar-refractivity contribution in [3.8, 4) is 5.75 Å². The predicted octanol–water partition coefficient (Wildman–Crippen LogP) is 4.72. The van der Waals surface area contributed by atoms with E-state index in [0.717, 1.165) is 15.9 Å². The van der Waals surface area contributed by atoms with Gasteiger partial charge in [-0.1, -0.05) is 45.0 Å². The van der Waals surface area contributed by atoms with E-state index >= 15 is 0 Å². The summed E-state index contributed by atoms with van der Waals surface area (Å²) in [7, 11) is 0. The number of nitrogens with zero attached hydrogens (tertiary/aromatic N) is 1. The first-order valence-electron chi connectivity index (χ1n) is 6.29. The zero-order valence-electron chi connectivity index (χ0n) is 11.5. The third-order valence-electron chi connectivity index (χ3n) is 2.93. The van der Waals surface area contributed by atoms with E-state index in [2.05, 4.69) is 66.0 Å². The van der Waals surface area contributed by atoms with Crippen LogP contribution in [0.15, 0.2) is 47.2 Å². The van der Waals surface area contributed by atoms with Crippen LogP contribution in [0.2, 0.25) is 0 Å². The maximum atomic E-state index is 5.69. The van der Waals surface area contributed by atoms with Gasteiger partial charge in [-0.3, -0.25) is 0 Å². The summed E-state index contributed by atoms with van der Waals surface area (Å²) >= 11 is 3.30. The monoisotopic (exact) mass is 319 g/mol. The van der Waals surface area contributed by atoms with Crippen molar-refractivity contribution in [2.24, 2.45) is 0 Å². The molecule has 0 saturated carbocycles. The van der Waals surface area contributed by atoms with Crippen molar-refractivity contribution in [3.05, 3.63) is 58.3 Å². The average Bonchev–Trinajstić information content (AvgIpc) is 2.37. The van der Waals surface area contributed by atoms with Gasteiger partial charge in [0.25, 0.3) is 0 Å². The molecule has 0 unspecified atom stereocenters. The summed E-state index contributed by atoms with van der Waals surface area (Å²) in [6.45, 7) is 7.21. The number of aromatic nitrogens is 1. The van der Waals surface area contributed by atoms with Crippen molar-refractivity contribution in [2.75, 3.05) is 0 Å². The number of benzene rings is 1. The van der Waals surface area contributed by atoms with Gasteiger partial charge < -0.3 is 4.74 Å². The molecule has 1 aromatic heterocycles. The van der Waals surface area contributed by atoms with Crippen molar-refractivity contribution >= 4 is 15.9 Å². The van der Waals surface area contributed by atoms with Gasteiger partial charge >= 0.3 is 0 Å². The number of hydrogen-bond donors (Lipinski definition) is 0. The number of rotatable bonds is 3. The topological polar surface area (TPSA) is 22.1 Å². The SMILES string of the molecule is CC(C)(C)c1ccc(COc2ccc(Br)nc2)cc1. The minimum atomic E-state index is 0.189. The predicted molar refractivity (Wildman–Crippen MR) is 81.4 cm³/mol.